The van der Waals surface area contributed by atoms with Crippen molar-refractivity contribution in [3.8, 4) is 0 Å². The van der Waals surface area contributed by atoms with Gasteiger partial charge in [-0.3, -0.25) is 38.1 Å². The maximum Gasteiger partial charge on any atom is 0.329 e. The number of nitrogens with one attached hydrogen (secondary N) is 5. The van der Waals surface area contributed by atoms with E-state index in [1.54, 1.807) is 26.0 Å². The Bertz CT molecular complexity index is 1700. The number of nitrogens with zero attached hydrogens (tertiary/aromatic N) is 1. The Hall–Kier alpha value is -4.91. The molecular formula is C37H58N7O13P. The number of hydrogen-bond donors (Lipinski definition) is 10. The van der Waals surface area contributed by atoms with Crippen LogP contribution in [0.5, 0.6) is 0 Å². The highest BCUT2D eigenvalue weighted by atomic mass is 31.2. The van der Waals surface area contributed by atoms with E-state index in [1.807, 2.05) is 13.8 Å². The Morgan fingerprint density at radius 1 is 0.810 bits per heavy atom. The Morgan fingerprint density at radius 2 is 1.38 bits per heavy atom. The third-order valence-electron chi connectivity index (χ3n) is 9.31. The molecule has 0 unspecified atom stereocenters. The normalized spacial score (nSPS) is 17.3. The summed E-state index contributed by atoms with van der Waals surface area (Å²) in [5, 5.41) is 32.2. The van der Waals surface area contributed by atoms with Crippen LogP contribution < -0.4 is 32.3 Å². The van der Waals surface area contributed by atoms with Crippen molar-refractivity contribution in [1.29, 1.82) is 0 Å². The number of hydrogen-bond acceptors (Lipinski definition) is 10. The lowest BCUT2D eigenvalue weighted by Crippen LogP contribution is -2.61. The molecule has 0 bridgehead atoms. The van der Waals surface area contributed by atoms with E-state index in [2.05, 4.69) is 26.6 Å². The second-order valence-electron chi connectivity index (χ2n) is 15.3. The first-order valence-corrected chi connectivity index (χ1v) is 20.8. The van der Waals surface area contributed by atoms with Crippen LogP contribution in [0.25, 0.3) is 0 Å². The molecule has 0 aromatic heterocycles. The molecule has 1 heterocycles. The van der Waals surface area contributed by atoms with Crippen molar-refractivity contribution in [2.45, 2.75) is 129 Å². The molecule has 324 valence electrons. The van der Waals surface area contributed by atoms with E-state index < -0.39 is 109 Å². The van der Waals surface area contributed by atoms with Gasteiger partial charge in [0.05, 0.1) is 12.3 Å². The number of rotatable bonds is 22. The van der Waals surface area contributed by atoms with Crippen molar-refractivity contribution in [3.05, 3.63) is 35.4 Å². The maximum absolute atomic E-state index is 14.1. The summed E-state index contributed by atoms with van der Waals surface area (Å²) in [6.45, 7) is 9.25. The smallest absolute Gasteiger partial charge is 0.329 e. The average molecular weight is 840 g/mol. The zero-order chi connectivity index (χ0) is 44.1. The van der Waals surface area contributed by atoms with Gasteiger partial charge < -0.3 is 57.2 Å². The standard InChI is InChI=1S/C37H58N7O13P/c1-19(2)16-27(41-33(49)26(39-22(6)46)17-23-9-11-24(12-10-23)18-58(55,56)57)36(52)44-15-7-8-28(44)34(50)40-25(13-14-29(38)47)32(48)43-31(21(5)45)35(51)42-30(20(3)4)37(53)54/h9-12,19-21,25-28,30-31,45H,7-8,13-18H2,1-6H3,(H2,38,47)(H,39,46)(H,40,50)(H,41,49)(H,42,51)(H,43,48)(H,53,54)(H2,55,56,57)/t21-,25+,26+,27+,28+,30+,31+/m1/s1. The molecule has 1 saturated heterocycles. The fourth-order valence-corrected chi connectivity index (χ4v) is 7.10. The summed E-state index contributed by atoms with van der Waals surface area (Å²) in [5.74, 6) is -7.44. The third kappa shape index (κ3) is 16.2. The van der Waals surface area contributed by atoms with Crippen LogP contribution in [0, 0.1) is 11.8 Å². The van der Waals surface area contributed by atoms with Crippen LogP contribution in [0.15, 0.2) is 24.3 Å². The molecule has 21 heteroatoms. The number of likely N-dealkylation sites (tertiary alicyclic amines) is 1. The molecular weight excluding hydrogens is 781 g/mol. The van der Waals surface area contributed by atoms with E-state index in [0.717, 1.165) is 0 Å². The zero-order valence-electron chi connectivity index (χ0n) is 33.6. The quantitative estimate of drug-likeness (QED) is 0.0613. The van der Waals surface area contributed by atoms with E-state index in [4.69, 9.17) is 5.73 Å². The van der Waals surface area contributed by atoms with Gasteiger partial charge >= 0.3 is 13.6 Å². The van der Waals surface area contributed by atoms with Crippen molar-refractivity contribution in [3.63, 3.8) is 0 Å². The number of aliphatic hydroxyl groups excluding tert-OH is 1. The van der Waals surface area contributed by atoms with Crippen molar-refractivity contribution in [2.75, 3.05) is 6.54 Å². The first-order valence-electron chi connectivity index (χ1n) is 19.0. The van der Waals surface area contributed by atoms with Crippen LogP contribution in [0.1, 0.15) is 84.8 Å². The van der Waals surface area contributed by atoms with Gasteiger partial charge in [-0.1, -0.05) is 52.0 Å². The fraction of sp³-hybridized carbons (Fsp3) is 0.622. The topological polar surface area (TPSA) is 324 Å². The summed E-state index contributed by atoms with van der Waals surface area (Å²) in [6, 6.07) is -1.79. The van der Waals surface area contributed by atoms with Crippen LogP contribution in [0.2, 0.25) is 0 Å². The third-order valence-corrected chi connectivity index (χ3v) is 10.1. The molecule has 2 rings (SSSR count). The van der Waals surface area contributed by atoms with Crippen molar-refractivity contribution >= 4 is 54.9 Å². The highest BCUT2D eigenvalue weighted by molar-refractivity contribution is 7.50. The Balaban J connectivity index is 2.30. The van der Waals surface area contributed by atoms with Gasteiger partial charge in [0.1, 0.15) is 36.3 Å². The lowest BCUT2D eigenvalue weighted by atomic mass is 10.00. The van der Waals surface area contributed by atoms with Gasteiger partial charge in [-0.05, 0) is 55.6 Å². The number of aliphatic hydroxyl groups is 1. The minimum atomic E-state index is -4.32. The largest absolute Gasteiger partial charge is 0.480 e. The number of primary amides is 1. The number of carboxylic acid groups (broad SMARTS) is 1. The Morgan fingerprint density at radius 3 is 1.88 bits per heavy atom. The molecule has 0 saturated carbocycles. The summed E-state index contributed by atoms with van der Waals surface area (Å²) in [7, 11) is -4.32. The Kier molecular flexibility index (Phi) is 18.9. The molecule has 1 aliphatic heterocycles. The van der Waals surface area contributed by atoms with Crippen molar-refractivity contribution in [2.24, 2.45) is 17.6 Å². The van der Waals surface area contributed by atoms with Crippen LogP contribution in [-0.4, -0.2) is 121 Å². The number of aliphatic carboxylic acids is 1. The number of nitrogens with two attached hydrogens (primary N) is 1. The van der Waals surface area contributed by atoms with Crippen LogP contribution in [0.4, 0.5) is 0 Å². The lowest BCUT2D eigenvalue weighted by Gasteiger charge is -2.31. The van der Waals surface area contributed by atoms with Crippen LogP contribution >= 0.6 is 7.60 Å². The van der Waals surface area contributed by atoms with E-state index >= 15 is 0 Å². The molecule has 58 heavy (non-hydrogen) atoms. The van der Waals surface area contributed by atoms with Gasteiger partial charge in [0.15, 0.2) is 0 Å². The van der Waals surface area contributed by atoms with Gasteiger partial charge in [-0.25, -0.2) is 4.79 Å². The van der Waals surface area contributed by atoms with E-state index in [1.165, 1.54) is 30.9 Å². The molecule has 0 radical (unpaired) electrons. The van der Waals surface area contributed by atoms with Crippen LogP contribution in [-0.2, 0) is 55.5 Å². The summed E-state index contributed by atoms with van der Waals surface area (Å²) in [6.07, 6.45) is -2.02. The molecule has 1 aromatic rings. The molecule has 1 fully saturated rings. The lowest BCUT2D eigenvalue weighted by molar-refractivity contribution is -0.144. The average Bonchev–Trinajstić information content (AvgIpc) is 3.59. The SMILES string of the molecule is CC(=O)N[C@@H](Cc1ccc(CP(=O)(O)O)cc1)C(=O)N[C@@H](CC(C)C)C(=O)N1CCC[C@H]1C(=O)N[C@@H](CCC(N)=O)C(=O)N[C@H](C(=O)N[C@H](C(=O)O)C(C)C)[C@@H](C)O. The molecule has 7 amide bonds. The molecule has 0 spiro atoms. The fourth-order valence-electron chi connectivity index (χ4n) is 6.42. The highest BCUT2D eigenvalue weighted by Gasteiger charge is 2.40. The molecule has 20 nitrogen and oxygen atoms in total. The van der Waals surface area contributed by atoms with Crippen molar-refractivity contribution in [1.82, 2.24) is 31.5 Å². The predicted octanol–water partition coefficient (Wildman–Crippen LogP) is -1.23. The summed E-state index contributed by atoms with van der Waals surface area (Å²) in [5.41, 5.74) is 6.24. The minimum absolute atomic E-state index is 0.0247. The zero-order valence-corrected chi connectivity index (χ0v) is 34.5. The first-order chi connectivity index (χ1) is 26.9. The second kappa shape index (κ2) is 22.3. The highest BCUT2D eigenvalue weighted by Crippen LogP contribution is 2.39. The molecule has 0 aliphatic carbocycles. The summed E-state index contributed by atoms with van der Waals surface area (Å²) in [4.78, 5) is 123. The number of carbonyl (C=O) groups is 8. The first kappa shape index (κ1) is 49.2. The van der Waals surface area contributed by atoms with Gasteiger partial charge in [0.2, 0.25) is 41.4 Å². The molecule has 7 atom stereocenters. The second-order valence-corrected chi connectivity index (χ2v) is 17.0. The van der Waals surface area contributed by atoms with Crippen molar-refractivity contribution < 1.29 is 62.9 Å². The molecule has 11 N–H and O–H groups in total. The Labute approximate surface area is 337 Å². The summed E-state index contributed by atoms with van der Waals surface area (Å²) < 4.78 is 11.4. The summed E-state index contributed by atoms with van der Waals surface area (Å²) >= 11 is 0. The number of carbonyl (C=O) groups excluding carboxylic acids is 7. The minimum Gasteiger partial charge on any atom is -0.480 e. The maximum atomic E-state index is 14.1. The molecule has 1 aromatic carbocycles. The van der Waals surface area contributed by atoms with Gasteiger partial charge in [-0.2, -0.15) is 0 Å². The van der Waals surface area contributed by atoms with Gasteiger partial charge in [0.25, 0.3) is 0 Å². The van der Waals surface area contributed by atoms with E-state index in [9.17, 15) is 62.9 Å². The van der Waals surface area contributed by atoms with E-state index in [-0.39, 0.29) is 44.6 Å². The predicted molar refractivity (Wildman–Crippen MR) is 208 cm³/mol. The monoisotopic (exact) mass is 839 g/mol. The number of benzene rings is 1. The molecule has 1 aliphatic rings. The van der Waals surface area contributed by atoms with Gasteiger partial charge in [0, 0.05) is 26.3 Å². The number of amides is 7. The van der Waals surface area contributed by atoms with E-state index in [0.29, 0.717) is 17.5 Å². The van der Waals surface area contributed by atoms with Gasteiger partial charge in [-0.15, -0.1) is 0 Å². The number of carboxylic acids is 1. The van der Waals surface area contributed by atoms with Crippen LogP contribution in [0.3, 0.4) is 0 Å².